The first-order valence-corrected chi connectivity index (χ1v) is 12.3. The highest BCUT2D eigenvalue weighted by Crippen LogP contribution is 2.19. The first-order chi connectivity index (χ1) is 17.6. The fourth-order valence-corrected chi connectivity index (χ4v) is 4.39. The van der Waals surface area contributed by atoms with Crippen LogP contribution in [0, 0.1) is 6.92 Å². The van der Waals surface area contributed by atoms with Gasteiger partial charge in [-0.2, -0.15) is 0 Å². The summed E-state index contributed by atoms with van der Waals surface area (Å²) in [7, 11) is 1.60. The van der Waals surface area contributed by atoms with Crippen LogP contribution >= 0.6 is 0 Å². The highest BCUT2D eigenvalue weighted by atomic mass is 16.5. The van der Waals surface area contributed by atoms with Gasteiger partial charge in [-0.05, 0) is 42.2 Å². The fourth-order valence-electron chi connectivity index (χ4n) is 4.39. The van der Waals surface area contributed by atoms with Crippen molar-refractivity contribution in [2.24, 2.45) is 0 Å². The molecule has 0 aliphatic carbocycles. The molecule has 6 heteroatoms. The van der Waals surface area contributed by atoms with Crippen molar-refractivity contribution in [3.05, 3.63) is 107 Å². The molecule has 2 amide bonds. The lowest BCUT2D eigenvalue weighted by Crippen LogP contribution is -2.44. The maximum atomic E-state index is 13.6. The molecular weight excluding hydrogens is 450 g/mol. The fraction of sp³-hybridized carbons (Fsp3) is 0.267. The van der Waals surface area contributed by atoms with E-state index in [1.54, 1.807) is 18.1 Å². The van der Waals surface area contributed by atoms with Crippen molar-refractivity contribution >= 4 is 22.7 Å². The van der Waals surface area contributed by atoms with E-state index in [-0.39, 0.29) is 18.4 Å². The van der Waals surface area contributed by atoms with Gasteiger partial charge < -0.3 is 19.5 Å². The molecule has 0 bridgehead atoms. The molecule has 1 aromatic heterocycles. The zero-order valence-electron chi connectivity index (χ0n) is 20.9. The number of methoxy groups -OCH3 is 1. The van der Waals surface area contributed by atoms with Crippen LogP contribution in [0.2, 0.25) is 0 Å². The van der Waals surface area contributed by atoms with Crippen LogP contribution in [-0.4, -0.2) is 59.9 Å². The second-order valence-electron chi connectivity index (χ2n) is 8.94. The van der Waals surface area contributed by atoms with Crippen LogP contribution in [0.15, 0.2) is 85.1 Å². The van der Waals surface area contributed by atoms with Crippen molar-refractivity contribution in [1.82, 2.24) is 14.8 Å². The van der Waals surface area contributed by atoms with E-state index in [9.17, 15) is 9.59 Å². The molecule has 3 aromatic carbocycles. The van der Waals surface area contributed by atoms with Crippen molar-refractivity contribution in [3.8, 4) is 0 Å². The van der Waals surface area contributed by atoms with E-state index >= 15 is 0 Å². The Kier molecular flexibility index (Phi) is 8.53. The standard InChI is InChI=1S/C30H33N3O3/c1-23-10-6-7-13-26(23)30(35)33(18-19-36-2)22-29(34)32(21-24-11-4-3-5-12-24)17-16-25-20-31-28-15-9-8-14-27(25)28/h3-15,20,31H,16-19,21-22H2,1-2H3. The minimum Gasteiger partial charge on any atom is -0.383 e. The van der Waals surface area contributed by atoms with Crippen LogP contribution in [0.4, 0.5) is 0 Å². The number of aromatic nitrogens is 1. The SMILES string of the molecule is COCCN(CC(=O)N(CCc1c[nH]c2ccccc12)Cc1ccccc1)C(=O)c1ccccc1C. The molecule has 0 fully saturated rings. The van der Waals surface area contributed by atoms with Gasteiger partial charge in [0.1, 0.15) is 6.54 Å². The molecule has 0 atom stereocenters. The van der Waals surface area contributed by atoms with Crippen molar-refractivity contribution in [2.75, 3.05) is 33.4 Å². The molecule has 0 radical (unpaired) electrons. The van der Waals surface area contributed by atoms with Gasteiger partial charge in [0, 0.05) is 49.4 Å². The summed E-state index contributed by atoms with van der Waals surface area (Å²) in [5, 5.41) is 1.17. The Balaban J connectivity index is 1.54. The number of hydrogen-bond acceptors (Lipinski definition) is 3. The van der Waals surface area contributed by atoms with Gasteiger partial charge >= 0.3 is 0 Å². The Morgan fingerprint density at radius 1 is 0.861 bits per heavy atom. The number of carbonyl (C=O) groups excluding carboxylic acids is 2. The number of ether oxygens (including phenoxy) is 1. The van der Waals surface area contributed by atoms with Crippen molar-refractivity contribution < 1.29 is 14.3 Å². The summed E-state index contributed by atoms with van der Waals surface area (Å²) in [5.41, 5.74) is 4.80. The Labute approximate surface area is 212 Å². The largest absolute Gasteiger partial charge is 0.383 e. The zero-order chi connectivity index (χ0) is 25.3. The molecule has 1 heterocycles. The highest BCUT2D eigenvalue weighted by molar-refractivity contribution is 5.97. The van der Waals surface area contributed by atoms with Crippen LogP contribution in [-0.2, 0) is 22.5 Å². The third-order valence-electron chi connectivity index (χ3n) is 6.45. The second kappa shape index (κ2) is 12.2. The van der Waals surface area contributed by atoms with Gasteiger partial charge in [-0.3, -0.25) is 9.59 Å². The van der Waals surface area contributed by atoms with E-state index in [4.69, 9.17) is 4.74 Å². The number of benzene rings is 3. The minimum absolute atomic E-state index is 0.00273. The molecule has 0 unspecified atom stereocenters. The maximum absolute atomic E-state index is 13.6. The molecule has 36 heavy (non-hydrogen) atoms. The average molecular weight is 484 g/mol. The van der Waals surface area contributed by atoms with Gasteiger partial charge in [0.25, 0.3) is 5.91 Å². The topological polar surface area (TPSA) is 65.6 Å². The summed E-state index contributed by atoms with van der Waals surface area (Å²) >= 11 is 0. The van der Waals surface area contributed by atoms with Gasteiger partial charge in [0.15, 0.2) is 0 Å². The number of nitrogens with zero attached hydrogens (tertiary/aromatic N) is 2. The molecule has 0 saturated carbocycles. The first-order valence-electron chi connectivity index (χ1n) is 12.3. The molecule has 4 rings (SSSR count). The number of aryl methyl sites for hydroxylation is 1. The highest BCUT2D eigenvalue weighted by Gasteiger charge is 2.23. The molecule has 0 aliphatic heterocycles. The Morgan fingerprint density at radius 2 is 1.58 bits per heavy atom. The number of rotatable bonds is 11. The lowest BCUT2D eigenvalue weighted by Gasteiger charge is -2.28. The van der Waals surface area contributed by atoms with Gasteiger partial charge in [-0.25, -0.2) is 0 Å². The van der Waals surface area contributed by atoms with E-state index in [0.29, 0.717) is 38.2 Å². The van der Waals surface area contributed by atoms with Crippen LogP contribution in [0.1, 0.15) is 27.0 Å². The number of aromatic amines is 1. The molecule has 0 aliphatic rings. The second-order valence-corrected chi connectivity index (χ2v) is 8.94. The predicted octanol–water partition coefficient (Wildman–Crippen LogP) is 4.84. The summed E-state index contributed by atoms with van der Waals surface area (Å²) in [6.45, 7) is 3.64. The quantitative estimate of drug-likeness (QED) is 0.332. The minimum atomic E-state index is -0.158. The molecule has 0 spiro atoms. The van der Waals surface area contributed by atoms with E-state index in [1.165, 1.54) is 10.9 Å². The monoisotopic (exact) mass is 483 g/mol. The van der Waals surface area contributed by atoms with E-state index in [2.05, 4.69) is 17.1 Å². The van der Waals surface area contributed by atoms with Crippen molar-refractivity contribution in [1.29, 1.82) is 0 Å². The summed E-state index contributed by atoms with van der Waals surface area (Å²) in [4.78, 5) is 33.8. The van der Waals surface area contributed by atoms with E-state index < -0.39 is 0 Å². The van der Waals surface area contributed by atoms with Gasteiger partial charge in [0.05, 0.1) is 6.61 Å². The number of hydrogen-bond donors (Lipinski definition) is 1. The third-order valence-corrected chi connectivity index (χ3v) is 6.45. The van der Waals surface area contributed by atoms with E-state index in [0.717, 1.165) is 16.6 Å². The van der Waals surface area contributed by atoms with Gasteiger partial charge in [-0.1, -0.05) is 66.7 Å². The van der Waals surface area contributed by atoms with Gasteiger partial charge in [0.2, 0.25) is 5.91 Å². The Morgan fingerprint density at radius 3 is 2.36 bits per heavy atom. The third kappa shape index (κ3) is 6.20. The van der Waals surface area contributed by atoms with E-state index in [1.807, 2.05) is 78.7 Å². The molecule has 1 N–H and O–H groups in total. The molecule has 0 saturated heterocycles. The maximum Gasteiger partial charge on any atom is 0.254 e. The molecule has 6 nitrogen and oxygen atoms in total. The summed E-state index contributed by atoms with van der Waals surface area (Å²) in [6, 6.07) is 25.6. The number of para-hydroxylation sites is 1. The van der Waals surface area contributed by atoms with Crippen LogP contribution in [0.3, 0.4) is 0 Å². The van der Waals surface area contributed by atoms with Crippen LogP contribution < -0.4 is 0 Å². The Bertz CT molecular complexity index is 1300. The number of amides is 2. The Hall–Kier alpha value is -3.90. The van der Waals surface area contributed by atoms with Crippen molar-refractivity contribution in [3.63, 3.8) is 0 Å². The normalized spacial score (nSPS) is 10.9. The summed E-state index contributed by atoms with van der Waals surface area (Å²) in [6.07, 6.45) is 2.73. The lowest BCUT2D eigenvalue weighted by atomic mass is 10.1. The summed E-state index contributed by atoms with van der Waals surface area (Å²) < 4.78 is 5.24. The predicted molar refractivity (Wildman–Crippen MR) is 143 cm³/mol. The number of fused-ring (bicyclic) bond motifs is 1. The zero-order valence-corrected chi connectivity index (χ0v) is 20.9. The number of nitrogens with one attached hydrogen (secondary N) is 1. The van der Waals surface area contributed by atoms with Crippen LogP contribution in [0.25, 0.3) is 10.9 Å². The number of carbonyl (C=O) groups is 2. The first kappa shape index (κ1) is 25.2. The number of H-pyrrole nitrogens is 1. The average Bonchev–Trinajstić information content (AvgIpc) is 3.32. The van der Waals surface area contributed by atoms with Gasteiger partial charge in [-0.15, -0.1) is 0 Å². The summed E-state index contributed by atoms with van der Waals surface area (Å²) in [5.74, 6) is -0.244. The molecular formula is C30H33N3O3. The smallest absolute Gasteiger partial charge is 0.254 e. The van der Waals surface area contributed by atoms with Crippen molar-refractivity contribution in [2.45, 2.75) is 19.9 Å². The lowest BCUT2D eigenvalue weighted by molar-refractivity contribution is -0.132. The molecule has 186 valence electrons. The van der Waals surface area contributed by atoms with Crippen LogP contribution in [0.5, 0.6) is 0 Å². The molecule has 4 aromatic rings.